The molecule has 0 amide bonds. The quantitative estimate of drug-likeness (QED) is 0.177. The van der Waals surface area contributed by atoms with E-state index < -0.39 is 0 Å². The lowest BCUT2D eigenvalue weighted by Crippen LogP contribution is -2.09. The highest BCUT2D eigenvalue weighted by molar-refractivity contribution is 7.26. The molecule has 0 unspecified atom stereocenters. The van der Waals surface area contributed by atoms with Crippen molar-refractivity contribution in [1.82, 2.24) is 0 Å². The third-order valence-corrected chi connectivity index (χ3v) is 11.8. The summed E-state index contributed by atoms with van der Waals surface area (Å²) in [7, 11) is 0. The number of hydrogen-bond acceptors (Lipinski definition) is 2. The van der Waals surface area contributed by atoms with Crippen LogP contribution in [0.1, 0.15) is 23.6 Å². The van der Waals surface area contributed by atoms with Crippen LogP contribution in [0.3, 0.4) is 0 Å². The third kappa shape index (κ3) is 4.47. The van der Waals surface area contributed by atoms with Crippen molar-refractivity contribution in [3.63, 3.8) is 0 Å². The molecular formula is C49H33NS. The normalized spacial score (nSPS) is 13.6. The van der Waals surface area contributed by atoms with Crippen molar-refractivity contribution in [2.75, 3.05) is 4.90 Å². The molecule has 0 radical (unpaired) electrons. The minimum atomic E-state index is 1.13. The zero-order valence-electron chi connectivity index (χ0n) is 28.2. The lowest BCUT2D eigenvalue weighted by atomic mass is 9.82. The molecule has 0 aliphatic heterocycles. The van der Waals surface area contributed by atoms with E-state index in [2.05, 4.69) is 188 Å². The molecule has 4 bridgehead atoms. The molecule has 1 nitrogen and oxygen atoms in total. The molecule has 51 heavy (non-hydrogen) atoms. The average Bonchev–Trinajstić information content (AvgIpc) is 3.50. The highest BCUT2D eigenvalue weighted by atomic mass is 32.1. The predicted octanol–water partition coefficient (Wildman–Crippen LogP) is 14.4. The summed E-state index contributed by atoms with van der Waals surface area (Å²) in [5, 5.41) is 2.60. The summed E-state index contributed by atoms with van der Waals surface area (Å²) >= 11 is 1.86. The van der Waals surface area contributed by atoms with Gasteiger partial charge in [-0.25, -0.2) is 0 Å². The molecular weight excluding hydrogens is 635 g/mol. The molecule has 10 rings (SSSR count). The maximum absolute atomic E-state index is 4.35. The number of hydrogen-bond donors (Lipinski definition) is 0. The van der Waals surface area contributed by atoms with E-state index in [1.807, 2.05) is 11.3 Å². The van der Waals surface area contributed by atoms with Gasteiger partial charge < -0.3 is 4.90 Å². The van der Waals surface area contributed by atoms with Crippen molar-refractivity contribution in [3.8, 4) is 33.4 Å². The van der Waals surface area contributed by atoms with Crippen LogP contribution < -0.4 is 4.90 Å². The second-order valence-electron chi connectivity index (χ2n) is 13.2. The Morgan fingerprint density at radius 1 is 0.529 bits per heavy atom. The molecule has 0 saturated carbocycles. The van der Waals surface area contributed by atoms with Gasteiger partial charge in [0, 0.05) is 26.8 Å². The monoisotopic (exact) mass is 667 g/mol. The van der Waals surface area contributed by atoms with E-state index in [4.69, 9.17) is 0 Å². The standard InChI is InChI=1S/C49H33NS/c1-3-35-37-16-8-9-18-41(37)48-40-19-12-20-42(48)38-29-26-32(30-44(38)47(35)36(40)4-2)31-24-27-34(28-25-31)50(33-14-6-5-7-15-33)45-22-13-21-43-39-17-10-11-23-46(39)51-49(43)45/h3-30H,1H2,2H3/b36-4-. The molecule has 2 aliphatic carbocycles. The van der Waals surface area contributed by atoms with Gasteiger partial charge in [-0.15, -0.1) is 11.3 Å². The van der Waals surface area contributed by atoms with Crippen LogP contribution in [0.2, 0.25) is 0 Å². The van der Waals surface area contributed by atoms with Gasteiger partial charge >= 0.3 is 0 Å². The number of fused-ring (bicyclic) bond motifs is 8. The number of anilines is 3. The van der Waals surface area contributed by atoms with Gasteiger partial charge in [0.05, 0.1) is 10.4 Å². The van der Waals surface area contributed by atoms with E-state index in [0.717, 1.165) is 11.4 Å². The average molecular weight is 668 g/mol. The molecule has 2 heteroatoms. The number of thiophene rings is 1. The fourth-order valence-corrected chi connectivity index (χ4v) is 9.53. The van der Waals surface area contributed by atoms with Crippen LogP contribution in [0, 0.1) is 0 Å². The fraction of sp³-hybridized carbons (Fsp3) is 0.0204. The number of nitrogens with zero attached hydrogens (tertiary/aromatic N) is 1. The molecule has 0 N–H and O–H groups in total. The highest BCUT2D eigenvalue weighted by Gasteiger charge is 2.31. The number of benzene rings is 7. The summed E-state index contributed by atoms with van der Waals surface area (Å²) in [5.41, 5.74) is 18.4. The lowest BCUT2D eigenvalue weighted by Gasteiger charge is -2.26. The molecule has 2 aliphatic rings. The molecule has 0 spiro atoms. The minimum Gasteiger partial charge on any atom is -0.309 e. The Labute approximate surface area is 302 Å². The SMILES string of the molecule is C=CC1=C2/C(=C\C)c3cccc(c3-c3ccccc31)-c1ccc(-c3ccc(N(c4ccccc4)c4cccc5c4sc4ccccc45)cc3)cc12. The number of para-hydroxylation sites is 1. The summed E-state index contributed by atoms with van der Waals surface area (Å²) in [6.45, 7) is 6.51. The van der Waals surface area contributed by atoms with E-state index in [0.29, 0.717) is 0 Å². The Balaban J connectivity index is 1.13. The topological polar surface area (TPSA) is 3.24 Å². The van der Waals surface area contributed by atoms with Gasteiger partial charge in [-0.2, -0.15) is 0 Å². The van der Waals surface area contributed by atoms with E-state index in [1.165, 1.54) is 92.7 Å². The molecule has 0 saturated heterocycles. The molecule has 1 aromatic heterocycles. The number of rotatable bonds is 5. The first kappa shape index (κ1) is 29.7. The van der Waals surface area contributed by atoms with Crippen molar-refractivity contribution >= 4 is 65.3 Å². The van der Waals surface area contributed by atoms with Gasteiger partial charge in [-0.1, -0.05) is 134 Å². The molecule has 8 aromatic rings. The van der Waals surface area contributed by atoms with Gasteiger partial charge in [-0.05, 0) is 116 Å². The highest BCUT2D eigenvalue weighted by Crippen LogP contribution is 2.55. The zero-order chi connectivity index (χ0) is 34.1. The lowest BCUT2D eigenvalue weighted by molar-refractivity contribution is 1.30. The van der Waals surface area contributed by atoms with Crippen molar-refractivity contribution in [3.05, 3.63) is 193 Å². The number of allylic oxidation sites excluding steroid dienone is 5. The van der Waals surface area contributed by atoms with Gasteiger partial charge in [0.25, 0.3) is 0 Å². The predicted molar refractivity (Wildman–Crippen MR) is 221 cm³/mol. The molecule has 240 valence electrons. The first-order chi connectivity index (χ1) is 25.2. The van der Waals surface area contributed by atoms with Crippen molar-refractivity contribution in [2.45, 2.75) is 6.92 Å². The van der Waals surface area contributed by atoms with Gasteiger partial charge in [-0.3, -0.25) is 0 Å². The summed E-state index contributed by atoms with van der Waals surface area (Å²) in [6, 6.07) is 57.8. The molecule has 7 aromatic carbocycles. The van der Waals surface area contributed by atoms with Crippen LogP contribution in [0.5, 0.6) is 0 Å². The van der Waals surface area contributed by atoms with Crippen LogP contribution in [-0.4, -0.2) is 0 Å². The second kappa shape index (κ2) is 11.7. The minimum absolute atomic E-state index is 1.13. The van der Waals surface area contributed by atoms with Crippen LogP contribution in [0.25, 0.3) is 70.3 Å². The summed E-state index contributed by atoms with van der Waals surface area (Å²) in [5.74, 6) is 0. The second-order valence-corrected chi connectivity index (χ2v) is 14.3. The van der Waals surface area contributed by atoms with Crippen LogP contribution in [0.15, 0.2) is 176 Å². The van der Waals surface area contributed by atoms with E-state index >= 15 is 0 Å². The Kier molecular flexibility index (Phi) is 6.80. The van der Waals surface area contributed by atoms with Crippen molar-refractivity contribution in [1.29, 1.82) is 0 Å². The first-order valence-electron chi connectivity index (χ1n) is 17.5. The van der Waals surface area contributed by atoms with E-state index in [9.17, 15) is 0 Å². The maximum atomic E-state index is 4.35. The fourth-order valence-electron chi connectivity index (χ4n) is 8.32. The van der Waals surface area contributed by atoms with Crippen LogP contribution in [0.4, 0.5) is 17.1 Å². The van der Waals surface area contributed by atoms with Gasteiger partial charge in [0.2, 0.25) is 0 Å². The van der Waals surface area contributed by atoms with Crippen molar-refractivity contribution in [2.24, 2.45) is 0 Å². The van der Waals surface area contributed by atoms with E-state index in [-0.39, 0.29) is 0 Å². The van der Waals surface area contributed by atoms with Gasteiger partial charge in [0.1, 0.15) is 0 Å². The third-order valence-electron chi connectivity index (χ3n) is 10.5. The molecule has 0 fully saturated rings. The first-order valence-corrected chi connectivity index (χ1v) is 18.3. The smallest absolute Gasteiger partial charge is 0.0640 e. The Morgan fingerprint density at radius 2 is 1.20 bits per heavy atom. The van der Waals surface area contributed by atoms with E-state index in [1.54, 1.807) is 0 Å². The largest absolute Gasteiger partial charge is 0.309 e. The van der Waals surface area contributed by atoms with Crippen molar-refractivity contribution < 1.29 is 0 Å². The maximum Gasteiger partial charge on any atom is 0.0640 e. The summed E-state index contributed by atoms with van der Waals surface area (Å²) in [4.78, 5) is 2.39. The Morgan fingerprint density at radius 3 is 2.02 bits per heavy atom. The van der Waals surface area contributed by atoms with Gasteiger partial charge in [0.15, 0.2) is 0 Å². The molecule has 0 atom stereocenters. The Bertz CT molecular complexity index is 2760. The van der Waals surface area contributed by atoms with Crippen LogP contribution in [-0.2, 0) is 0 Å². The van der Waals surface area contributed by atoms with Crippen LogP contribution >= 0.6 is 11.3 Å². The zero-order valence-corrected chi connectivity index (χ0v) is 29.0. The molecule has 1 heterocycles. The summed E-state index contributed by atoms with van der Waals surface area (Å²) in [6.07, 6.45) is 4.33. The summed E-state index contributed by atoms with van der Waals surface area (Å²) < 4.78 is 2.60. The Hall–Kier alpha value is -6.22.